The molecule has 6 N–H and O–H groups in total. The van der Waals surface area contributed by atoms with Crippen LogP contribution < -0.4 is 21.7 Å². The molecule has 0 aliphatic carbocycles. The number of hydrogen-bond donors (Lipinski definition) is 5. The molecule has 0 heterocycles. The average Bonchev–Trinajstić information content (AvgIpc) is 2.84. The van der Waals surface area contributed by atoms with Crippen LogP contribution in [0.15, 0.2) is 30.3 Å². The third kappa shape index (κ3) is 12.1. The van der Waals surface area contributed by atoms with Crippen molar-refractivity contribution in [3.05, 3.63) is 35.9 Å². The Morgan fingerprint density at radius 2 is 1.36 bits per heavy atom. The molecule has 1 aromatic rings. The highest BCUT2D eigenvalue weighted by Crippen LogP contribution is 2.10. The van der Waals surface area contributed by atoms with E-state index < -0.39 is 47.9 Å². The quantitative estimate of drug-likeness (QED) is 0.200. The number of carboxylic acids is 1. The summed E-state index contributed by atoms with van der Waals surface area (Å²) in [6.07, 6.45) is 5.05. The number of thioether (sulfide) groups is 2. The molecule has 0 aliphatic rings. The van der Waals surface area contributed by atoms with Gasteiger partial charge in [0.25, 0.3) is 0 Å². The third-order valence-corrected chi connectivity index (χ3v) is 6.74. The van der Waals surface area contributed by atoms with Crippen LogP contribution >= 0.6 is 23.5 Å². The van der Waals surface area contributed by atoms with E-state index in [9.17, 15) is 24.3 Å². The standard InChI is InChI=1S/C25H40N4O5S2/c1-16(2)14-20(28-22(30)18(26)10-12-35-3)23(31)29-21(15-17-8-6-5-7-9-17)24(32)27-19(25(33)34)11-13-36-4/h5-9,16,18-21H,10-15,26H2,1-4H3,(H,27,32)(H,28,30)(H,29,31)(H,33,34). The Labute approximate surface area is 222 Å². The zero-order chi connectivity index (χ0) is 27.1. The first-order valence-corrected chi connectivity index (χ1v) is 14.8. The molecule has 0 spiro atoms. The number of amides is 3. The van der Waals surface area contributed by atoms with Gasteiger partial charge in [0.2, 0.25) is 17.7 Å². The van der Waals surface area contributed by atoms with Crippen molar-refractivity contribution in [3.63, 3.8) is 0 Å². The van der Waals surface area contributed by atoms with E-state index >= 15 is 0 Å². The van der Waals surface area contributed by atoms with Crippen LogP contribution in [0.4, 0.5) is 0 Å². The van der Waals surface area contributed by atoms with Gasteiger partial charge in [0.1, 0.15) is 18.1 Å². The van der Waals surface area contributed by atoms with Crippen molar-refractivity contribution in [3.8, 4) is 0 Å². The second-order valence-corrected chi connectivity index (χ2v) is 11.0. The Bertz CT molecular complexity index is 841. The summed E-state index contributed by atoms with van der Waals surface area (Å²) in [4.78, 5) is 50.7. The van der Waals surface area contributed by atoms with E-state index in [-0.39, 0.29) is 18.8 Å². The van der Waals surface area contributed by atoms with Gasteiger partial charge < -0.3 is 26.8 Å². The summed E-state index contributed by atoms with van der Waals surface area (Å²) in [5.41, 5.74) is 6.78. The predicted molar refractivity (Wildman–Crippen MR) is 147 cm³/mol. The van der Waals surface area contributed by atoms with Crippen molar-refractivity contribution in [2.24, 2.45) is 11.7 Å². The molecule has 0 fully saturated rings. The minimum atomic E-state index is -1.13. The summed E-state index contributed by atoms with van der Waals surface area (Å²) in [7, 11) is 0. The minimum absolute atomic E-state index is 0.0906. The molecule has 0 radical (unpaired) electrons. The van der Waals surface area contributed by atoms with E-state index in [1.807, 2.05) is 56.7 Å². The molecule has 4 atom stereocenters. The number of nitrogens with two attached hydrogens (primary N) is 1. The van der Waals surface area contributed by atoms with Crippen LogP contribution in [0, 0.1) is 5.92 Å². The molecule has 0 aromatic heterocycles. The van der Waals surface area contributed by atoms with Gasteiger partial charge in [-0.3, -0.25) is 14.4 Å². The lowest BCUT2D eigenvalue weighted by Gasteiger charge is -2.26. The summed E-state index contributed by atoms with van der Waals surface area (Å²) >= 11 is 3.06. The summed E-state index contributed by atoms with van der Waals surface area (Å²) < 4.78 is 0. The largest absolute Gasteiger partial charge is 0.480 e. The zero-order valence-corrected chi connectivity index (χ0v) is 23.1. The molecule has 0 bridgehead atoms. The van der Waals surface area contributed by atoms with Crippen molar-refractivity contribution < 1.29 is 24.3 Å². The van der Waals surface area contributed by atoms with Crippen molar-refractivity contribution in [1.82, 2.24) is 16.0 Å². The highest BCUT2D eigenvalue weighted by atomic mass is 32.2. The molecule has 3 amide bonds. The normalized spacial score (nSPS) is 14.4. The lowest BCUT2D eigenvalue weighted by molar-refractivity contribution is -0.142. The summed E-state index contributed by atoms with van der Waals surface area (Å²) in [5, 5.41) is 17.6. The lowest BCUT2D eigenvalue weighted by Crippen LogP contribution is -2.58. The molecule has 1 rings (SSSR count). The van der Waals surface area contributed by atoms with Crippen LogP contribution in [0.2, 0.25) is 0 Å². The van der Waals surface area contributed by atoms with E-state index in [0.29, 0.717) is 18.6 Å². The van der Waals surface area contributed by atoms with Gasteiger partial charge in [-0.05, 0) is 54.8 Å². The topological polar surface area (TPSA) is 151 Å². The molecule has 9 nitrogen and oxygen atoms in total. The van der Waals surface area contributed by atoms with Crippen molar-refractivity contribution in [1.29, 1.82) is 0 Å². The van der Waals surface area contributed by atoms with E-state index in [1.165, 1.54) is 11.8 Å². The number of aliphatic carboxylic acids is 1. The van der Waals surface area contributed by atoms with E-state index in [4.69, 9.17) is 5.73 Å². The molecular weight excluding hydrogens is 500 g/mol. The van der Waals surface area contributed by atoms with E-state index in [2.05, 4.69) is 16.0 Å². The van der Waals surface area contributed by atoms with Crippen LogP contribution in [0.5, 0.6) is 0 Å². The molecule has 11 heteroatoms. The minimum Gasteiger partial charge on any atom is -0.480 e. The number of benzene rings is 1. The van der Waals surface area contributed by atoms with Gasteiger partial charge in [-0.1, -0.05) is 44.2 Å². The number of rotatable bonds is 17. The van der Waals surface area contributed by atoms with Gasteiger partial charge >= 0.3 is 5.97 Å². The van der Waals surface area contributed by atoms with Crippen molar-refractivity contribution in [2.45, 2.75) is 63.7 Å². The summed E-state index contributed by atoms with van der Waals surface area (Å²) in [5.74, 6) is -1.29. The third-order valence-electron chi connectivity index (χ3n) is 5.45. The maximum absolute atomic E-state index is 13.3. The van der Waals surface area contributed by atoms with Crippen LogP contribution in [0.1, 0.15) is 38.7 Å². The number of carboxylic acid groups (broad SMARTS) is 1. The fourth-order valence-electron chi connectivity index (χ4n) is 3.45. The number of hydrogen-bond acceptors (Lipinski definition) is 7. The van der Waals surface area contributed by atoms with Crippen LogP contribution in [-0.4, -0.2) is 77.0 Å². The van der Waals surface area contributed by atoms with Gasteiger partial charge in [-0.2, -0.15) is 23.5 Å². The fraction of sp³-hybridized carbons (Fsp3) is 0.600. The van der Waals surface area contributed by atoms with Gasteiger partial charge in [0, 0.05) is 6.42 Å². The average molecular weight is 541 g/mol. The first-order chi connectivity index (χ1) is 17.1. The smallest absolute Gasteiger partial charge is 0.326 e. The number of carbonyl (C=O) groups is 4. The fourth-order valence-corrected chi connectivity index (χ4v) is 4.42. The SMILES string of the molecule is CSCCC(N)C(=O)NC(CC(C)C)C(=O)NC(Cc1ccccc1)C(=O)NC(CCSC)C(=O)O. The van der Waals surface area contributed by atoms with Crippen LogP contribution in [0.3, 0.4) is 0 Å². The Morgan fingerprint density at radius 1 is 0.833 bits per heavy atom. The molecular formula is C25H40N4O5S2. The molecule has 1 aromatic carbocycles. The zero-order valence-electron chi connectivity index (χ0n) is 21.5. The van der Waals surface area contributed by atoms with Gasteiger partial charge in [0.05, 0.1) is 6.04 Å². The maximum Gasteiger partial charge on any atom is 0.326 e. The van der Waals surface area contributed by atoms with E-state index in [1.54, 1.807) is 11.8 Å². The Balaban J connectivity index is 3.07. The Morgan fingerprint density at radius 3 is 1.92 bits per heavy atom. The van der Waals surface area contributed by atoms with Crippen LogP contribution in [-0.2, 0) is 25.6 Å². The second kappa shape index (κ2) is 17.3. The molecule has 202 valence electrons. The van der Waals surface area contributed by atoms with E-state index in [0.717, 1.165) is 11.3 Å². The van der Waals surface area contributed by atoms with Crippen molar-refractivity contribution >= 4 is 47.2 Å². The lowest BCUT2D eigenvalue weighted by atomic mass is 10.0. The molecule has 36 heavy (non-hydrogen) atoms. The summed E-state index contributed by atoms with van der Waals surface area (Å²) in [6, 6.07) is 5.43. The summed E-state index contributed by atoms with van der Waals surface area (Å²) in [6.45, 7) is 3.86. The van der Waals surface area contributed by atoms with Crippen molar-refractivity contribution in [2.75, 3.05) is 24.0 Å². The monoisotopic (exact) mass is 540 g/mol. The highest BCUT2D eigenvalue weighted by molar-refractivity contribution is 7.98. The van der Waals surface area contributed by atoms with Gasteiger partial charge in [0.15, 0.2) is 0 Å². The van der Waals surface area contributed by atoms with Gasteiger partial charge in [-0.25, -0.2) is 4.79 Å². The molecule has 4 unspecified atom stereocenters. The maximum atomic E-state index is 13.3. The highest BCUT2D eigenvalue weighted by Gasteiger charge is 2.30. The second-order valence-electron chi connectivity index (χ2n) is 9.01. The first-order valence-electron chi connectivity index (χ1n) is 12.0. The Kier molecular flexibility index (Phi) is 15.2. The number of carbonyl (C=O) groups excluding carboxylic acids is 3. The molecule has 0 saturated heterocycles. The number of nitrogens with one attached hydrogen (secondary N) is 3. The first kappa shape index (κ1) is 31.8. The van der Waals surface area contributed by atoms with Crippen LogP contribution in [0.25, 0.3) is 0 Å². The van der Waals surface area contributed by atoms with Gasteiger partial charge in [-0.15, -0.1) is 0 Å². The molecule has 0 aliphatic heterocycles. The predicted octanol–water partition coefficient (Wildman–Crippen LogP) is 1.65. The molecule has 0 saturated carbocycles. The Hall–Kier alpha value is -2.24.